The lowest BCUT2D eigenvalue weighted by Crippen LogP contribution is -2.23. The molecule has 0 bridgehead atoms. The molecule has 1 amide bonds. The van der Waals surface area contributed by atoms with E-state index in [0.29, 0.717) is 17.9 Å². The lowest BCUT2D eigenvalue weighted by atomic mass is 10.1. The number of fused-ring (bicyclic) bond motifs is 1. The van der Waals surface area contributed by atoms with Crippen LogP contribution < -0.4 is 5.32 Å². The van der Waals surface area contributed by atoms with Crippen LogP contribution in [0.2, 0.25) is 0 Å². The summed E-state index contributed by atoms with van der Waals surface area (Å²) in [5.41, 5.74) is 3.24. The molecular weight excluding hydrogens is 388 g/mol. The van der Waals surface area contributed by atoms with Crippen LogP contribution in [0.1, 0.15) is 22.5 Å². The van der Waals surface area contributed by atoms with Crippen LogP contribution in [-0.4, -0.2) is 10.5 Å². The second-order valence-electron chi connectivity index (χ2n) is 6.93. The molecule has 0 radical (unpaired) electrons. The summed E-state index contributed by atoms with van der Waals surface area (Å²) in [5, 5.41) is 22.6. The van der Waals surface area contributed by atoms with Crippen LogP contribution in [0.3, 0.4) is 0 Å². The molecule has 0 fully saturated rings. The average Bonchev–Trinajstić information content (AvgIpc) is 3.45. The first-order chi connectivity index (χ1) is 15.2. The van der Waals surface area contributed by atoms with Crippen molar-refractivity contribution in [2.24, 2.45) is 0 Å². The summed E-state index contributed by atoms with van der Waals surface area (Å²) in [6.45, 7) is 0.711. The lowest BCUT2D eigenvalue weighted by molar-refractivity contribution is -0.117. The fourth-order valence-corrected chi connectivity index (χ4v) is 3.45. The number of carbonyl (C=O) groups is 1. The highest BCUT2D eigenvalue weighted by Crippen LogP contribution is 2.25. The summed E-state index contributed by atoms with van der Waals surface area (Å²) < 4.78 is 7.23. The van der Waals surface area contributed by atoms with Crippen molar-refractivity contribution >= 4 is 22.9 Å². The molecule has 0 unspecified atom stereocenters. The Morgan fingerprint density at radius 3 is 2.65 bits per heavy atom. The third-order valence-electron chi connectivity index (χ3n) is 4.97. The van der Waals surface area contributed by atoms with Gasteiger partial charge in [0.25, 0.3) is 5.91 Å². The van der Waals surface area contributed by atoms with Gasteiger partial charge < -0.3 is 14.3 Å². The van der Waals surface area contributed by atoms with Gasteiger partial charge in [-0.2, -0.15) is 10.5 Å². The number of aromatic nitrogens is 1. The quantitative estimate of drug-likeness (QED) is 0.380. The molecule has 0 aliphatic carbocycles. The third-order valence-corrected chi connectivity index (χ3v) is 4.97. The Hall–Kier alpha value is -4.55. The number of hydrogen-bond donors (Lipinski definition) is 1. The van der Waals surface area contributed by atoms with E-state index in [-0.39, 0.29) is 12.1 Å². The predicted molar refractivity (Wildman–Crippen MR) is 116 cm³/mol. The van der Waals surface area contributed by atoms with Crippen LogP contribution >= 0.6 is 0 Å². The molecule has 2 aromatic heterocycles. The van der Waals surface area contributed by atoms with Gasteiger partial charge in [-0.25, -0.2) is 0 Å². The highest BCUT2D eigenvalue weighted by atomic mass is 16.3. The van der Waals surface area contributed by atoms with Crippen LogP contribution in [0.15, 0.2) is 83.1 Å². The van der Waals surface area contributed by atoms with Gasteiger partial charge in [0.05, 0.1) is 24.4 Å². The van der Waals surface area contributed by atoms with E-state index in [0.717, 1.165) is 22.0 Å². The van der Waals surface area contributed by atoms with Crippen molar-refractivity contribution in [2.45, 2.75) is 13.1 Å². The Morgan fingerprint density at radius 2 is 1.87 bits per heavy atom. The Morgan fingerprint density at radius 1 is 1.06 bits per heavy atom. The summed E-state index contributed by atoms with van der Waals surface area (Å²) in [6, 6.07) is 22.9. The zero-order valence-corrected chi connectivity index (χ0v) is 16.6. The normalized spacial score (nSPS) is 11.1. The van der Waals surface area contributed by atoms with Crippen LogP contribution in [0, 0.1) is 22.7 Å². The van der Waals surface area contributed by atoms with Crippen LogP contribution in [0.25, 0.3) is 17.0 Å². The van der Waals surface area contributed by atoms with Gasteiger partial charge in [0.2, 0.25) is 0 Å². The van der Waals surface area contributed by atoms with E-state index in [1.165, 1.54) is 6.26 Å². The molecule has 0 spiro atoms. The highest BCUT2D eigenvalue weighted by molar-refractivity contribution is 6.04. The van der Waals surface area contributed by atoms with Crippen molar-refractivity contribution in [3.8, 4) is 12.1 Å². The molecule has 31 heavy (non-hydrogen) atoms. The second-order valence-corrected chi connectivity index (χ2v) is 6.93. The minimum atomic E-state index is -0.467. The van der Waals surface area contributed by atoms with Crippen molar-refractivity contribution in [1.82, 2.24) is 9.88 Å². The molecule has 0 atom stereocenters. The molecular formula is C25H18N4O2. The van der Waals surface area contributed by atoms with Gasteiger partial charge in [-0.05, 0) is 35.9 Å². The van der Waals surface area contributed by atoms with Gasteiger partial charge in [-0.1, -0.05) is 36.4 Å². The first kappa shape index (κ1) is 19.8. The van der Waals surface area contributed by atoms with Crippen LogP contribution in [0.5, 0.6) is 0 Å². The van der Waals surface area contributed by atoms with Crippen LogP contribution in [0.4, 0.5) is 0 Å². The number of nitriles is 2. The molecule has 6 nitrogen and oxygen atoms in total. The largest absolute Gasteiger partial charge is 0.467 e. The van der Waals surface area contributed by atoms with E-state index in [1.54, 1.807) is 24.3 Å². The summed E-state index contributed by atoms with van der Waals surface area (Å²) >= 11 is 0. The smallest absolute Gasteiger partial charge is 0.262 e. The number of rotatable bonds is 6. The topological polar surface area (TPSA) is 94.8 Å². The zero-order chi connectivity index (χ0) is 21.6. The van der Waals surface area contributed by atoms with Gasteiger partial charge in [0, 0.05) is 29.2 Å². The molecule has 0 aliphatic heterocycles. The maximum atomic E-state index is 12.5. The minimum absolute atomic E-state index is 0.00637. The number of benzene rings is 2. The number of furan rings is 1. The Labute approximate surface area is 179 Å². The molecule has 2 aromatic carbocycles. The monoisotopic (exact) mass is 406 g/mol. The summed E-state index contributed by atoms with van der Waals surface area (Å²) in [4.78, 5) is 12.5. The molecule has 0 aliphatic rings. The van der Waals surface area contributed by atoms with Gasteiger partial charge in [0.1, 0.15) is 17.4 Å². The fraction of sp³-hybridized carbons (Fsp3) is 0.0800. The van der Waals surface area contributed by atoms with E-state index in [1.807, 2.05) is 59.3 Å². The van der Waals surface area contributed by atoms with Crippen molar-refractivity contribution in [3.05, 3.63) is 101 Å². The number of nitrogens with one attached hydrogen (secondary N) is 1. The molecule has 2 heterocycles. The lowest BCUT2D eigenvalue weighted by Gasteiger charge is -2.07. The van der Waals surface area contributed by atoms with Gasteiger partial charge >= 0.3 is 0 Å². The third kappa shape index (κ3) is 4.24. The zero-order valence-electron chi connectivity index (χ0n) is 16.6. The summed E-state index contributed by atoms with van der Waals surface area (Å²) in [6.07, 6.45) is 5.02. The van der Waals surface area contributed by atoms with Crippen molar-refractivity contribution < 1.29 is 9.21 Å². The Balaban J connectivity index is 1.66. The predicted octanol–water partition coefficient (Wildman–Crippen LogP) is 4.38. The van der Waals surface area contributed by atoms with Gasteiger partial charge in [-0.15, -0.1) is 0 Å². The van der Waals surface area contributed by atoms with Gasteiger partial charge in [-0.3, -0.25) is 4.79 Å². The molecule has 1 N–H and O–H groups in total. The van der Waals surface area contributed by atoms with E-state index in [4.69, 9.17) is 4.42 Å². The first-order valence-corrected chi connectivity index (χ1v) is 9.68. The molecule has 4 rings (SSSR count). The minimum Gasteiger partial charge on any atom is -0.467 e. The first-order valence-electron chi connectivity index (χ1n) is 9.68. The maximum absolute atomic E-state index is 12.5. The summed E-state index contributed by atoms with van der Waals surface area (Å²) in [5.74, 6) is 0.143. The summed E-state index contributed by atoms with van der Waals surface area (Å²) in [7, 11) is 0. The van der Waals surface area contributed by atoms with Crippen molar-refractivity contribution in [1.29, 1.82) is 10.5 Å². The van der Waals surface area contributed by atoms with E-state index >= 15 is 0 Å². The number of hydrogen-bond acceptors (Lipinski definition) is 4. The van der Waals surface area contributed by atoms with Crippen molar-refractivity contribution in [3.63, 3.8) is 0 Å². The van der Waals surface area contributed by atoms with Crippen molar-refractivity contribution in [2.75, 3.05) is 0 Å². The maximum Gasteiger partial charge on any atom is 0.262 e. The van der Waals surface area contributed by atoms with Gasteiger partial charge in [0.15, 0.2) is 0 Å². The molecule has 6 heteroatoms. The Kier molecular flexibility index (Phi) is 5.64. The van der Waals surface area contributed by atoms with E-state index in [2.05, 4.69) is 11.4 Å². The number of carbonyl (C=O) groups excluding carboxylic acids is 1. The highest BCUT2D eigenvalue weighted by Gasteiger charge is 2.13. The Bertz CT molecular complexity index is 1350. The molecule has 4 aromatic rings. The average molecular weight is 406 g/mol. The molecule has 0 saturated carbocycles. The number of amides is 1. The molecule has 150 valence electrons. The molecule has 0 saturated heterocycles. The SMILES string of the molecule is N#C/C(=C/c1cn(Cc2ccccc2C#N)c2ccccc12)C(=O)NCc1ccco1. The second kappa shape index (κ2) is 8.86. The number of nitrogens with zero attached hydrogens (tertiary/aromatic N) is 3. The fourth-order valence-electron chi connectivity index (χ4n) is 3.45. The number of para-hydroxylation sites is 1. The van der Waals surface area contributed by atoms with E-state index < -0.39 is 5.91 Å². The van der Waals surface area contributed by atoms with Crippen LogP contribution in [-0.2, 0) is 17.9 Å². The van der Waals surface area contributed by atoms with E-state index in [9.17, 15) is 15.3 Å². The standard InChI is InChI=1S/C25H18N4O2/c26-13-18-6-1-2-7-19(18)16-29-17-21(23-9-3-4-10-24(23)29)12-20(14-27)25(30)28-15-22-8-5-11-31-22/h1-12,17H,15-16H2,(H,28,30)/b20-12-.